The van der Waals surface area contributed by atoms with Crippen molar-refractivity contribution in [3.8, 4) is 0 Å². The van der Waals surface area contributed by atoms with Crippen molar-refractivity contribution in [2.75, 3.05) is 39.2 Å². The summed E-state index contributed by atoms with van der Waals surface area (Å²) in [5.74, 6) is 0.515. The number of nitrogens with one attached hydrogen (secondary N) is 1. The Balaban J connectivity index is 2.62. The monoisotopic (exact) mass is 238 g/mol. The van der Waals surface area contributed by atoms with Crippen LogP contribution < -0.4 is 5.32 Å². The van der Waals surface area contributed by atoms with Gasteiger partial charge in [0.2, 0.25) is 0 Å². The van der Waals surface area contributed by atoms with Crippen LogP contribution in [-0.2, 0) is 4.74 Å². The number of anilines is 1. The molecule has 0 aromatic carbocycles. The smallest absolute Gasteiger partial charge is 0.274 e. The Labute approximate surface area is 101 Å². The number of likely N-dealkylation sites (N-methyl/N-ethyl adjacent to an activating group) is 1. The van der Waals surface area contributed by atoms with Crippen LogP contribution >= 0.6 is 0 Å². The lowest BCUT2D eigenvalue weighted by atomic mass is 10.3. The third-order valence-corrected chi connectivity index (χ3v) is 2.22. The minimum Gasteiger partial charge on any atom is -0.383 e. The molecule has 0 saturated heterocycles. The molecule has 0 aliphatic carbocycles. The lowest BCUT2D eigenvalue weighted by Crippen LogP contribution is -2.30. The van der Waals surface area contributed by atoms with Crippen LogP contribution in [0.5, 0.6) is 0 Å². The van der Waals surface area contributed by atoms with E-state index in [2.05, 4.69) is 15.5 Å². The van der Waals surface area contributed by atoms with Gasteiger partial charge in [0.1, 0.15) is 5.82 Å². The second-order valence-corrected chi connectivity index (χ2v) is 3.55. The Morgan fingerprint density at radius 3 is 2.76 bits per heavy atom. The number of methoxy groups -OCH3 is 1. The summed E-state index contributed by atoms with van der Waals surface area (Å²) in [7, 11) is 3.31. The highest BCUT2D eigenvalue weighted by Gasteiger charge is 2.13. The quantitative estimate of drug-likeness (QED) is 0.787. The Hall–Kier alpha value is -1.69. The molecular weight excluding hydrogens is 220 g/mol. The molecule has 0 fully saturated rings. The second kappa shape index (κ2) is 6.80. The molecule has 1 N–H and O–H groups in total. The highest BCUT2D eigenvalue weighted by atomic mass is 16.5. The number of aromatic nitrogens is 2. The van der Waals surface area contributed by atoms with Gasteiger partial charge < -0.3 is 15.0 Å². The fourth-order valence-corrected chi connectivity index (χ4v) is 1.25. The molecule has 1 aromatic heterocycles. The summed E-state index contributed by atoms with van der Waals surface area (Å²) in [6.45, 7) is 3.78. The van der Waals surface area contributed by atoms with Crippen molar-refractivity contribution in [3.05, 3.63) is 17.8 Å². The Morgan fingerprint density at radius 1 is 1.47 bits per heavy atom. The van der Waals surface area contributed by atoms with E-state index in [1.165, 1.54) is 0 Å². The lowest BCUT2D eigenvalue weighted by molar-refractivity contribution is 0.0737. The second-order valence-electron chi connectivity index (χ2n) is 3.55. The largest absolute Gasteiger partial charge is 0.383 e. The van der Waals surface area contributed by atoms with Crippen LogP contribution in [0.25, 0.3) is 0 Å². The zero-order valence-corrected chi connectivity index (χ0v) is 10.4. The molecule has 6 nitrogen and oxygen atoms in total. The van der Waals surface area contributed by atoms with Crippen LogP contribution in [0.3, 0.4) is 0 Å². The van der Waals surface area contributed by atoms with E-state index >= 15 is 0 Å². The van der Waals surface area contributed by atoms with Gasteiger partial charge in [-0.15, -0.1) is 10.2 Å². The molecule has 0 unspecified atom stereocenters. The van der Waals surface area contributed by atoms with Crippen LogP contribution in [0.15, 0.2) is 12.1 Å². The summed E-state index contributed by atoms with van der Waals surface area (Å²) in [5, 5.41) is 10.8. The van der Waals surface area contributed by atoms with Gasteiger partial charge in [-0.2, -0.15) is 0 Å². The molecule has 1 heterocycles. The van der Waals surface area contributed by atoms with Crippen molar-refractivity contribution >= 4 is 11.7 Å². The van der Waals surface area contributed by atoms with Gasteiger partial charge >= 0.3 is 0 Å². The average molecular weight is 238 g/mol. The van der Waals surface area contributed by atoms with Crippen LogP contribution in [0.1, 0.15) is 17.4 Å². The molecule has 17 heavy (non-hydrogen) atoms. The predicted molar refractivity (Wildman–Crippen MR) is 65.0 cm³/mol. The van der Waals surface area contributed by atoms with Gasteiger partial charge in [-0.1, -0.05) is 0 Å². The maximum absolute atomic E-state index is 11.9. The Morgan fingerprint density at radius 2 is 2.24 bits per heavy atom. The van der Waals surface area contributed by atoms with Crippen molar-refractivity contribution in [1.82, 2.24) is 15.1 Å². The zero-order valence-electron chi connectivity index (χ0n) is 10.4. The van der Waals surface area contributed by atoms with E-state index in [1.807, 2.05) is 6.92 Å². The van der Waals surface area contributed by atoms with Crippen molar-refractivity contribution < 1.29 is 9.53 Å². The lowest BCUT2D eigenvalue weighted by Gasteiger charge is -2.15. The molecule has 1 amide bonds. The van der Waals surface area contributed by atoms with Crippen molar-refractivity contribution in [1.29, 1.82) is 0 Å². The number of nitrogens with zero attached hydrogens (tertiary/aromatic N) is 3. The number of hydrogen-bond acceptors (Lipinski definition) is 5. The maximum Gasteiger partial charge on any atom is 0.274 e. The van der Waals surface area contributed by atoms with E-state index in [4.69, 9.17) is 4.74 Å². The summed E-state index contributed by atoms with van der Waals surface area (Å²) in [4.78, 5) is 13.4. The fourth-order valence-electron chi connectivity index (χ4n) is 1.25. The van der Waals surface area contributed by atoms with Crippen molar-refractivity contribution in [3.63, 3.8) is 0 Å². The number of ether oxygens (including phenoxy) is 1. The third kappa shape index (κ3) is 3.99. The summed E-state index contributed by atoms with van der Waals surface area (Å²) < 4.78 is 4.91. The average Bonchev–Trinajstić information content (AvgIpc) is 2.36. The van der Waals surface area contributed by atoms with E-state index in [0.29, 0.717) is 24.7 Å². The molecule has 0 atom stereocenters. The van der Waals surface area contributed by atoms with Gasteiger partial charge in [0.05, 0.1) is 6.61 Å². The molecule has 0 aliphatic heterocycles. The van der Waals surface area contributed by atoms with Gasteiger partial charge in [-0.25, -0.2) is 0 Å². The summed E-state index contributed by atoms with van der Waals surface area (Å²) in [6, 6.07) is 3.41. The number of carbonyl (C=O) groups is 1. The minimum atomic E-state index is -0.155. The number of rotatable bonds is 6. The zero-order chi connectivity index (χ0) is 12.7. The van der Waals surface area contributed by atoms with Gasteiger partial charge in [0.25, 0.3) is 5.91 Å². The molecule has 1 aromatic rings. The minimum absolute atomic E-state index is 0.155. The van der Waals surface area contributed by atoms with Gasteiger partial charge in [0.15, 0.2) is 5.69 Å². The van der Waals surface area contributed by atoms with Crippen LogP contribution in [0.4, 0.5) is 5.82 Å². The number of hydrogen-bond donors (Lipinski definition) is 1. The molecular formula is C11H18N4O2. The fraction of sp³-hybridized carbons (Fsp3) is 0.545. The molecule has 0 saturated carbocycles. The highest BCUT2D eigenvalue weighted by Crippen LogP contribution is 2.03. The van der Waals surface area contributed by atoms with Gasteiger partial charge in [-0.05, 0) is 19.1 Å². The first-order valence-electron chi connectivity index (χ1n) is 5.51. The highest BCUT2D eigenvalue weighted by molar-refractivity contribution is 5.92. The summed E-state index contributed by atoms with van der Waals surface area (Å²) in [6.07, 6.45) is 0. The third-order valence-electron chi connectivity index (χ3n) is 2.22. The first kappa shape index (κ1) is 13.4. The molecule has 1 rings (SSSR count). The number of amides is 1. The molecule has 6 heteroatoms. The van der Waals surface area contributed by atoms with Crippen molar-refractivity contribution in [2.24, 2.45) is 0 Å². The number of carbonyl (C=O) groups excluding carboxylic acids is 1. The van der Waals surface area contributed by atoms with E-state index in [1.54, 1.807) is 31.2 Å². The molecule has 0 aliphatic rings. The van der Waals surface area contributed by atoms with Crippen LogP contribution in [0, 0.1) is 0 Å². The summed E-state index contributed by atoms with van der Waals surface area (Å²) in [5.41, 5.74) is 0.338. The van der Waals surface area contributed by atoms with Crippen LogP contribution in [-0.4, -0.2) is 54.9 Å². The van der Waals surface area contributed by atoms with E-state index in [-0.39, 0.29) is 5.91 Å². The molecule has 94 valence electrons. The van der Waals surface area contributed by atoms with E-state index < -0.39 is 0 Å². The Bertz CT molecular complexity index is 353. The SMILES string of the molecule is CCNc1ccc(C(=O)N(C)CCOC)nn1. The van der Waals surface area contributed by atoms with Crippen LogP contribution in [0.2, 0.25) is 0 Å². The Kier molecular flexibility index (Phi) is 5.35. The predicted octanol–water partition coefficient (Wildman–Crippen LogP) is 0.627. The molecule has 0 bridgehead atoms. The van der Waals surface area contributed by atoms with E-state index in [9.17, 15) is 4.79 Å². The standard InChI is InChI=1S/C11H18N4O2/c1-4-12-10-6-5-9(13-14-10)11(16)15(2)7-8-17-3/h5-6H,4,7-8H2,1-3H3,(H,12,14). The van der Waals surface area contributed by atoms with Gasteiger partial charge in [-0.3, -0.25) is 4.79 Å². The maximum atomic E-state index is 11.9. The topological polar surface area (TPSA) is 67.4 Å². The summed E-state index contributed by atoms with van der Waals surface area (Å²) >= 11 is 0. The molecule has 0 spiro atoms. The van der Waals surface area contributed by atoms with Gasteiger partial charge in [0, 0.05) is 27.2 Å². The first-order valence-corrected chi connectivity index (χ1v) is 5.51. The van der Waals surface area contributed by atoms with E-state index in [0.717, 1.165) is 6.54 Å². The molecule has 0 radical (unpaired) electrons. The normalized spacial score (nSPS) is 10.1. The first-order chi connectivity index (χ1) is 8.19. The van der Waals surface area contributed by atoms with Crippen molar-refractivity contribution in [2.45, 2.75) is 6.92 Å².